The molecule has 1 atom stereocenters. The lowest BCUT2D eigenvalue weighted by Crippen LogP contribution is -2.25. The number of para-hydroxylation sites is 3. The highest BCUT2D eigenvalue weighted by atomic mass is 16.5. The standard InChI is InChI=1S/C25H29N3O2/c1-4-13-27-17-20(16-23(27)29)25-26-21-11-5-6-12-22(21)28(25)14-8-15-30-24-18(2)9-7-10-19(24)3/h4-7,9-12,20H,1,8,13-17H2,2-3H3/t20-/m1/s1. The highest BCUT2D eigenvalue weighted by Gasteiger charge is 2.33. The number of imidazole rings is 1. The van der Waals surface area contributed by atoms with Crippen molar-refractivity contribution >= 4 is 16.9 Å². The zero-order chi connectivity index (χ0) is 21.1. The number of rotatable bonds is 8. The highest BCUT2D eigenvalue weighted by Crippen LogP contribution is 2.30. The third-order valence-corrected chi connectivity index (χ3v) is 5.79. The molecule has 0 bridgehead atoms. The van der Waals surface area contributed by atoms with Crippen molar-refractivity contribution in [1.82, 2.24) is 14.5 Å². The Balaban J connectivity index is 1.51. The van der Waals surface area contributed by atoms with Crippen LogP contribution >= 0.6 is 0 Å². The van der Waals surface area contributed by atoms with Gasteiger partial charge in [0.15, 0.2) is 0 Å². The molecule has 2 aromatic carbocycles. The number of hydrogen-bond acceptors (Lipinski definition) is 3. The molecule has 4 rings (SSSR count). The first-order valence-electron chi connectivity index (χ1n) is 10.6. The number of hydrogen-bond donors (Lipinski definition) is 0. The van der Waals surface area contributed by atoms with Crippen LogP contribution in [-0.4, -0.2) is 40.1 Å². The molecular weight excluding hydrogens is 374 g/mol. The average molecular weight is 404 g/mol. The Morgan fingerprint density at radius 2 is 1.93 bits per heavy atom. The Labute approximate surface area is 178 Å². The summed E-state index contributed by atoms with van der Waals surface area (Å²) in [5.41, 5.74) is 4.43. The van der Waals surface area contributed by atoms with Crippen LogP contribution in [0.4, 0.5) is 0 Å². The number of benzene rings is 2. The predicted octanol–water partition coefficient (Wildman–Crippen LogP) is 4.62. The third kappa shape index (κ3) is 3.97. The average Bonchev–Trinajstić information content (AvgIpc) is 3.28. The maximum Gasteiger partial charge on any atom is 0.223 e. The number of carbonyl (C=O) groups is 1. The zero-order valence-electron chi connectivity index (χ0n) is 17.8. The van der Waals surface area contributed by atoms with Gasteiger partial charge >= 0.3 is 0 Å². The molecule has 0 radical (unpaired) electrons. The molecule has 1 aliphatic heterocycles. The molecule has 2 heterocycles. The van der Waals surface area contributed by atoms with E-state index in [1.807, 2.05) is 23.1 Å². The van der Waals surface area contributed by atoms with Crippen molar-refractivity contribution in [3.8, 4) is 5.75 Å². The van der Waals surface area contributed by atoms with Crippen LogP contribution < -0.4 is 4.74 Å². The van der Waals surface area contributed by atoms with Crippen molar-refractivity contribution in [1.29, 1.82) is 0 Å². The number of aryl methyl sites for hydroxylation is 3. The molecule has 0 spiro atoms. The summed E-state index contributed by atoms with van der Waals surface area (Å²) in [7, 11) is 0. The van der Waals surface area contributed by atoms with Gasteiger partial charge in [-0.2, -0.15) is 0 Å². The molecule has 1 aliphatic rings. The molecule has 5 nitrogen and oxygen atoms in total. The SMILES string of the molecule is C=CCN1C[C@H](c2nc3ccccc3n2CCCOc2c(C)cccc2C)CC1=O. The highest BCUT2D eigenvalue weighted by molar-refractivity contribution is 5.81. The molecule has 0 saturated carbocycles. The summed E-state index contributed by atoms with van der Waals surface area (Å²) in [6, 6.07) is 14.4. The molecule has 30 heavy (non-hydrogen) atoms. The van der Waals surface area contributed by atoms with Crippen LogP contribution in [-0.2, 0) is 11.3 Å². The minimum absolute atomic E-state index is 0.115. The number of aromatic nitrogens is 2. The van der Waals surface area contributed by atoms with Gasteiger partial charge in [0.2, 0.25) is 5.91 Å². The molecule has 1 fully saturated rings. The Morgan fingerprint density at radius 3 is 2.70 bits per heavy atom. The van der Waals surface area contributed by atoms with E-state index >= 15 is 0 Å². The monoisotopic (exact) mass is 403 g/mol. The van der Waals surface area contributed by atoms with Crippen molar-refractivity contribution in [2.24, 2.45) is 0 Å². The van der Waals surface area contributed by atoms with E-state index in [0.717, 1.165) is 46.7 Å². The smallest absolute Gasteiger partial charge is 0.223 e. The summed E-state index contributed by atoms with van der Waals surface area (Å²) < 4.78 is 8.38. The Kier molecular flexibility index (Phi) is 5.88. The van der Waals surface area contributed by atoms with Gasteiger partial charge in [-0.05, 0) is 43.5 Å². The Bertz CT molecular complexity index is 1050. The predicted molar refractivity (Wildman–Crippen MR) is 120 cm³/mol. The number of fused-ring (bicyclic) bond motifs is 1. The fourth-order valence-corrected chi connectivity index (χ4v) is 4.34. The molecule has 3 aromatic rings. The Morgan fingerprint density at radius 1 is 1.17 bits per heavy atom. The summed E-state index contributed by atoms with van der Waals surface area (Å²) in [5, 5.41) is 0. The summed E-state index contributed by atoms with van der Waals surface area (Å²) in [4.78, 5) is 19.1. The van der Waals surface area contributed by atoms with Crippen molar-refractivity contribution in [2.45, 2.75) is 39.2 Å². The molecule has 0 N–H and O–H groups in total. The quantitative estimate of drug-likeness (QED) is 0.407. The fraction of sp³-hybridized carbons (Fsp3) is 0.360. The summed E-state index contributed by atoms with van der Waals surface area (Å²) >= 11 is 0. The van der Waals surface area contributed by atoms with E-state index in [2.05, 4.69) is 49.3 Å². The molecule has 1 amide bonds. The first-order valence-corrected chi connectivity index (χ1v) is 10.6. The second-order valence-corrected chi connectivity index (χ2v) is 8.02. The minimum atomic E-state index is 0.115. The van der Waals surface area contributed by atoms with Gasteiger partial charge in [-0.1, -0.05) is 36.4 Å². The van der Waals surface area contributed by atoms with Crippen LogP contribution in [0.5, 0.6) is 5.75 Å². The molecule has 0 unspecified atom stereocenters. The first kappa shape index (κ1) is 20.2. The lowest BCUT2D eigenvalue weighted by atomic mass is 10.1. The number of amides is 1. The van der Waals surface area contributed by atoms with E-state index in [0.29, 0.717) is 26.1 Å². The van der Waals surface area contributed by atoms with Crippen LogP contribution in [0.1, 0.15) is 35.7 Å². The van der Waals surface area contributed by atoms with Gasteiger partial charge in [0.25, 0.3) is 0 Å². The van der Waals surface area contributed by atoms with Crippen LogP contribution in [0.3, 0.4) is 0 Å². The molecule has 1 aromatic heterocycles. The van der Waals surface area contributed by atoms with Gasteiger partial charge in [-0.25, -0.2) is 4.98 Å². The number of likely N-dealkylation sites (tertiary alicyclic amines) is 1. The van der Waals surface area contributed by atoms with Crippen molar-refractivity contribution in [3.63, 3.8) is 0 Å². The zero-order valence-corrected chi connectivity index (χ0v) is 17.8. The lowest BCUT2D eigenvalue weighted by Gasteiger charge is -2.16. The third-order valence-electron chi connectivity index (χ3n) is 5.79. The van der Waals surface area contributed by atoms with E-state index < -0.39 is 0 Å². The van der Waals surface area contributed by atoms with Gasteiger partial charge in [0.1, 0.15) is 11.6 Å². The van der Waals surface area contributed by atoms with Gasteiger partial charge in [-0.15, -0.1) is 6.58 Å². The normalized spacial score (nSPS) is 16.4. The van der Waals surface area contributed by atoms with E-state index in [9.17, 15) is 4.79 Å². The van der Waals surface area contributed by atoms with E-state index in [4.69, 9.17) is 9.72 Å². The summed E-state index contributed by atoms with van der Waals surface area (Å²) in [6.07, 6.45) is 3.17. The summed E-state index contributed by atoms with van der Waals surface area (Å²) in [5.74, 6) is 2.28. The van der Waals surface area contributed by atoms with Gasteiger partial charge < -0.3 is 14.2 Å². The summed E-state index contributed by atoms with van der Waals surface area (Å²) in [6.45, 7) is 10.7. The maximum atomic E-state index is 12.4. The molecule has 1 saturated heterocycles. The van der Waals surface area contributed by atoms with E-state index in [-0.39, 0.29) is 11.8 Å². The Hall–Kier alpha value is -3.08. The van der Waals surface area contributed by atoms with Crippen LogP contribution in [0, 0.1) is 13.8 Å². The van der Waals surface area contributed by atoms with Gasteiger partial charge in [0, 0.05) is 32.0 Å². The van der Waals surface area contributed by atoms with Gasteiger partial charge in [-0.3, -0.25) is 4.79 Å². The van der Waals surface area contributed by atoms with Crippen molar-refractivity contribution < 1.29 is 9.53 Å². The topological polar surface area (TPSA) is 47.4 Å². The lowest BCUT2D eigenvalue weighted by molar-refractivity contribution is -0.127. The number of carbonyl (C=O) groups excluding carboxylic acids is 1. The number of ether oxygens (including phenoxy) is 1. The van der Waals surface area contributed by atoms with Gasteiger partial charge in [0.05, 0.1) is 17.6 Å². The van der Waals surface area contributed by atoms with E-state index in [1.54, 1.807) is 6.08 Å². The molecule has 156 valence electrons. The molecular formula is C25H29N3O2. The largest absolute Gasteiger partial charge is 0.493 e. The van der Waals surface area contributed by atoms with Crippen LogP contribution in [0.25, 0.3) is 11.0 Å². The van der Waals surface area contributed by atoms with E-state index in [1.165, 1.54) is 0 Å². The second-order valence-electron chi connectivity index (χ2n) is 8.02. The molecule has 5 heteroatoms. The second kappa shape index (κ2) is 8.74. The minimum Gasteiger partial charge on any atom is -0.493 e. The van der Waals surface area contributed by atoms with Crippen LogP contribution in [0.15, 0.2) is 55.1 Å². The maximum absolute atomic E-state index is 12.4. The van der Waals surface area contributed by atoms with Crippen molar-refractivity contribution in [3.05, 3.63) is 72.1 Å². The number of nitrogens with zero attached hydrogens (tertiary/aromatic N) is 3. The first-order chi connectivity index (χ1) is 14.6. The van der Waals surface area contributed by atoms with Crippen LogP contribution in [0.2, 0.25) is 0 Å². The fourth-order valence-electron chi connectivity index (χ4n) is 4.34. The van der Waals surface area contributed by atoms with Crippen molar-refractivity contribution in [2.75, 3.05) is 19.7 Å². The molecule has 0 aliphatic carbocycles.